The van der Waals surface area contributed by atoms with Gasteiger partial charge in [0.05, 0.1) is 0 Å². The summed E-state index contributed by atoms with van der Waals surface area (Å²) in [6.45, 7) is 11.7. The molecule has 84 valence electrons. The van der Waals surface area contributed by atoms with Crippen LogP contribution in [0.2, 0.25) is 0 Å². The van der Waals surface area contributed by atoms with Crippen molar-refractivity contribution in [2.24, 2.45) is 5.92 Å². The van der Waals surface area contributed by atoms with Crippen molar-refractivity contribution in [3.8, 4) is 0 Å². The third kappa shape index (κ3) is 3.14. The van der Waals surface area contributed by atoms with Gasteiger partial charge in [0.2, 0.25) is 0 Å². The van der Waals surface area contributed by atoms with Crippen LogP contribution in [-0.4, -0.2) is 54.3 Å². The average Bonchev–Trinajstić information content (AvgIpc) is 2.11. The van der Waals surface area contributed by atoms with Crippen molar-refractivity contribution in [3.05, 3.63) is 0 Å². The Morgan fingerprint density at radius 3 is 2.50 bits per heavy atom. The van der Waals surface area contributed by atoms with Gasteiger partial charge in [0, 0.05) is 31.7 Å². The number of thiol groups is 1. The van der Waals surface area contributed by atoms with E-state index >= 15 is 0 Å². The van der Waals surface area contributed by atoms with Gasteiger partial charge in [0.25, 0.3) is 0 Å². The number of rotatable bonds is 3. The molecular weight excluding hydrogens is 192 g/mol. The molecule has 1 aliphatic heterocycles. The van der Waals surface area contributed by atoms with E-state index in [4.69, 9.17) is 0 Å². The second-order valence-corrected chi connectivity index (χ2v) is 5.62. The molecule has 1 fully saturated rings. The van der Waals surface area contributed by atoms with Gasteiger partial charge >= 0.3 is 0 Å². The lowest BCUT2D eigenvalue weighted by Crippen LogP contribution is -2.58. The Morgan fingerprint density at radius 1 is 1.36 bits per heavy atom. The normalized spacial score (nSPS) is 26.4. The molecule has 1 atom stereocenters. The van der Waals surface area contributed by atoms with Crippen LogP contribution in [0.25, 0.3) is 0 Å². The molecule has 0 bridgehead atoms. The van der Waals surface area contributed by atoms with E-state index in [1.54, 1.807) is 0 Å². The summed E-state index contributed by atoms with van der Waals surface area (Å²) in [6, 6.07) is 0. The lowest BCUT2D eigenvalue weighted by atomic mass is 9.99. The highest BCUT2D eigenvalue weighted by molar-refractivity contribution is 7.80. The first-order chi connectivity index (χ1) is 6.45. The number of piperazine rings is 1. The molecule has 0 aromatic heterocycles. The highest BCUT2D eigenvalue weighted by atomic mass is 32.1. The van der Waals surface area contributed by atoms with Crippen molar-refractivity contribution < 1.29 is 0 Å². The number of hydrogen-bond acceptors (Lipinski definition) is 3. The molecule has 0 amide bonds. The van der Waals surface area contributed by atoms with E-state index in [9.17, 15) is 0 Å². The van der Waals surface area contributed by atoms with E-state index in [1.165, 1.54) is 26.2 Å². The van der Waals surface area contributed by atoms with Gasteiger partial charge in [0.1, 0.15) is 0 Å². The van der Waals surface area contributed by atoms with E-state index in [1.807, 2.05) is 0 Å². The Labute approximate surface area is 94.1 Å². The van der Waals surface area contributed by atoms with Crippen molar-refractivity contribution in [2.45, 2.75) is 26.3 Å². The summed E-state index contributed by atoms with van der Waals surface area (Å²) in [5.74, 6) is 1.70. The van der Waals surface area contributed by atoms with Crippen LogP contribution in [0.1, 0.15) is 20.8 Å². The van der Waals surface area contributed by atoms with Gasteiger partial charge in [-0.15, -0.1) is 0 Å². The molecule has 0 spiro atoms. The first kappa shape index (κ1) is 12.3. The lowest BCUT2D eigenvalue weighted by Gasteiger charge is -2.46. The van der Waals surface area contributed by atoms with Crippen molar-refractivity contribution in [1.82, 2.24) is 9.80 Å². The largest absolute Gasteiger partial charge is 0.300 e. The first-order valence-corrected chi connectivity index (χ1v) is 6.13. The second-order valence-electron chi connectivity index (χ2n) is 5.26. The third-order valence-corrected chi connectivity index (χ3v) is 3.90. The maximum atomic E-state index is 4.34. The van der Waals surface area contributed by atoms with Crippen LogP contribution in [0, 0.1) is 5.92 Å². The fourth-order valence-corrected chi connectivity index (χ4v) is 2.11. The Bertz CT molecular complexity index is 182. The monoisotopic (exact) mass is 216 g/mol. The van der Waals surface area contributed by atoms with E-state index < -0.39 is 0 Å². The van der Waals surface area contributed by atoms with Gasteiger partial charge in [0.15, 0.2) is 0 Å². The van der Waals surface area contributed by atoms with Crippen LogP contribution in [-0.2, 0) is 0 Å². The zero-order valence-electron chi connectivity index (χ0n) is 9.95. The molecule has 0 radical (unpaired) electrons. The lowest BCUT2D eigenvalue weighted by molar-refractivity contribution is 0.0348. The number of hydrogen-bond donors (Lipinski definition) is 1. The van der Waals surface area contributed by atoms with Crippen molar-refractivity contribution in [2.75, 3.05) is 39.0 Å². The summed E-state index contributed by atoms with van der Waals surface area (Å²) >= 11 is 4.34. The van der Waals surface area contributed by atoms with Crippen LogP contribution in [0.5, 0.6) is 0 Å². The van der Waals surface area contributed by atoms with Crippen molar-refractivity contribution in [3.63, 3.8) is 0 Å². The molecule has 3 heteroatoms. The molecule has 1 aliphatic rings. The fourth-order valence-electron chi connectivity index (χ4n) is 2.00. The van der Waals surface area contributed by atoms with Crippen LogP contribution in [0.3, 0.4) is 0 Å². The van der Waals surface area contributed by atoms with Crippen molar-refractivity contribution in [1.29, 1.82) is 0 Å². The number of likely N-dealkylation sites (N-methyl/N-ethyl adjacent to an activating group) is 1. The maximum absolute atomic E-state index is 4.34. The zero-order valence-corrected chi connectivity index (χ0v) is 10.8. The molecule has 1 saturated heterocycles. The minimum atomic E-state index is 0.328. The Hall–Kier alpha value is 0.270. The van der Waals surface area contributed by atoms with E-state index in [0.29, 0.717) is 11.5 Å². The molecular formula is C11H24N2S. The topological polar surface area (TPSA) is 6.48 Å². The molecule has 0 aromatic carbocycles. The third-order valence-electron chi connectivity index (χ3n) is 3.28. The van der Waals surface area contributed by atoms with Crippen molar-refractivity contribution >= 4 is 12.6 Å². The molecule has 2 nitrogen and oxygen atoms in total. The zero-order chi connectivity index (χ0) is 10.8. The van der Waals surface area contributed by atoms with Crippen LogP contribution >= 0.6 is 12.6 Å². The molecule has 0 aromatic rings. The van der Waals surface area contributed by atoms with E-state index in [0.717, 1.165) is 5.75 Å². The molecule has 14 heavy (non-hydrogen) atoms. The summed E-state index contributed by atoms with van der Waals surface area (Å²) < 4.78 is 0. The molecule has 0 saturated carbocycles. The fraction of sp³-hybridized carbons (Fsp3) is 1.00. The predicted molar refractivity (Wildman–Crippen MR) is 66.2 cm³/mol. The Kier molecular flexibility index (Phi) is 4.29. The summed E-state index contributed by atoms with van der Waals surface area (Å²) in [6.07, 6.45) is 0. The van der Waals surface area contributed by atoms with E-state index in [2.05, 4.69) is 50.2 Å². The van der Waals surface area contributed by atoms with E-state index in [-0.39, 0.29) is 0 Å². The number of nitrogens with zero attached hydrogens (tertiary/aromatic N) is 2. The standard InChI is InChI=1S/C11H24N2S/c1-10(8-14)7-13-6-5-12(4)11(2,3)9-13/h10,14H,5-9H2,1-4H3. The average molecular weight is 216 g/mol. The molecule has 1 rings (SSSR count). The Morgan fingerprint density at radius 2 is 2.00 bits per heavy atom. The highest BCUT2D eigenvalue weighted by Crippen LogP contribution is 2.19. The quantitative estimate of drug-likeness (QED) is 0.716. The van der Waals surface area contributed by atoms with Crippen LogP contribution < -0.4 is 0 Å². The summed E-state index contributed by atoms with van der Waals surface area (Å²) in [7, 11) is 2.22. The molecule has 1 heterocycles. The second kappa shape index (κ2) is 4.86. The summed E-state index contributed by atoms with van der Waals surface area (Å²) in [5, 5.41) is 0. The smallest absolute Gasteiger partial charge is 0.0277 e. The molecule has 0 aliphatic carbocycles. The minimum absolute atomic E-state index is 0.328. The Balaban J connectivity index is 2.43. The highest BCUT2D eigenvalue weighted by Gasteiger charge is 2.30. The molecule has 0 N–H and O–H groups in total. The van der Waals surface area contributed by atoms with Crippen LogP contribution in [0.4, 0.5) is 0 Å². The minimum Gasteiger partial charge on any atom is -0.300 e. The maximum Gasteiger partial charge on any atom is 0.0277 e. The first-order valence-electron chi connectivity index (χ1n) is 5.50. The SMILES string of the molecule is CC(CS)CN1CCN(C)C(C)(C)C1. The summed E-state index contributed by atoms with van der Waals surface area (Å²) in [4.78, 5) is 5.02. The van der Waals surface area contributed by atoms with Gasteiger partial charge in [-0.25, -0.2) is 0 Å². The van der Waals surface area contributed by atoms with Crippen LogP contribution in [0.15, 0.2) is 0 Å². The summed E-state index contributed by atoms with van der Waals surface area (Å²) in [5.41, 5.74) is 0.328. The van der Waals surface area contributed by atoms with Gasteiger partial charge in [-0.3, -0.25) is 9.80 Å². The molecule has 1 unspecified atom stereocenters. The van der Waals surface area contributed by atoms with Gasteiger partial charge in [-0.05, 0) is 32.6 Å². The predicted octanol–water partition coefficient (Wildman–Crippen LogP) is 1.58. The van der Waals surface area contributed by atoms with Gasteiger partial charge in [-0.1, -0.05) is 6.92 Å². The van der Waals surface area contributed by atoms with Gasteiger partial charge in [-0.2, -0.15) is 12.6 Å². The van der Waals surface area contributed by atoms with Gasteiger partial charge < -0.3 is 0 Å².